The van der Waals surface area contributed by atoms with Crippen LogP contribution in [0, 0.1) is 5.82 Å². The molecule has 164 valence electrons. The van der Waals surface area contributed by atoms with Gasteiger partial charge in [0.2, 0.25) is 11.8 Å². The Balaban J connectivity index is 1.47. The normalized spacial score (nSPS) is 14.5. The summed E-state index contributed by atoms with van der Waals surface area (Å²) in [5, 5.41) is 2.75. The van der Waals surface area contributed by atoms with Gasteiger partial charge < -0.3 is 19.7 Å². The van der Waals surface area contributed by atoms with Crippen LogP contribution in [0.1, 0.15) is 5.56 Å². The van der Waals surface area contributed by atoms with Gasteiger partial charge in [-0.15, -0.1) is 0 Å². The highest BCUT2D eigenvalue weighted by atomic mass is 19.1. The van der Waals surface area contributed by atoms with Crippen LogP contribution in [0.25, 0.3) is 6.08 Å². The molecule has 0 spiro atoms. The molecule has 0 aliphatic carbocycles. The second-order valence-electron chi connectivity index (χ2n) is 7.14. The van der Waals surface area contributed by atoms with Gasteiger partial charge in [-0.3, -0.25) is 14.5 Å². The second kappa shape index (κ2) is 10.6. The van der Waals surface area contributed by atoms with Crippen molar-refractivity contribution in [3.63, 3.8) is 0 Å². The topological polar surface area (TPSA) is 71.1 Å². The Hall–Kier alpha value is -3.39. The van der Waals surface area contributed by atoms with Crippen LogP contribution in [0.3, 0.4) is 0 Å². The number of piperazine rings is 1. The number of benzene rings is 2. The first kappa shape index (κ1) is 22.3. The SMILES string of the molecule is COc1cc(/C=C/C(=O)N2CCN(CC(=O)Nc3ccc(F)cc3)CC2)cc(OC)c1. The molecule has 31 heavy (non-hydrogen) atoms. The molecule has 1 saturated heterocycles. The molecule has 0 saturated carbocycles. The average Bonchev–Trinajstić information content (AvgIpc) is 2.79. The van der Waals surface area contributed by atoms with Crippen LogP contribution in [0.5, 0.6) is 11.5 Å². The number of amides is 2. The van der Waals surface area contributed by atoms with Crippen molar-refractivity contribution >= 4 is 23.6 Å². The van der Waals surface area contributed by atoms with Crippen LogP contribution in [0.15, 0.2) is 48.5 Å². The maximum absolute atomic E-state index is 12.9. The van der Waals surface area contributed by atoms with Crippen LogP contribution < -0.4 is 14.8 Å². The van der Waals surface area contributed by atoms with E-state index in [9.17, 15) is 14.0 Å². The molecule has 1 N–H and O–H groups in total. The summed E-state index contributed by atoms with van der Waals surface area (Å²) in [6.07, 6.45) is 3.26. The molecule has 0 atom stereocenters. The third kappa shape index (κ3) is 6.55. The van der Waals surface area contributed by atoms with E-state index in [1.54, 1.807) is 31.3 Å². The minimum absolute atomic E-state index is 0.0859. The molecule has 1 fully saturated rings. The van der Waals surface area contributed by atoms with Crippen LogP contribution in [-0.2, 0) is 9.59 Å². The zero-order valence-electron chi connectivity index (χ0n) is 17.6. The van der Waals surface area contributed by atoms with E-state index in [-0.39, 0.29) is 24.2 Å². The number of hydrogen-bond donors (Lipinski definition) is 1. The number of nitrogens with one attached hydrogen (secondary N) is 1. The van der Waals surface area contributed by atoms with Gasteiger partial charge in [-0.25, -0.2) is 4.39 Å². The molecular formula is C23H26FN3O4. The number of carbonyl (C=O) groups excluding carboxylic acids is 2. The molecule has 7 nitrogen and oxygen atoms in total. The first-order valence-electron chi connectivity index (χ1n) is 9.94. The summed E-state index contributed by atoms with van der Waals surface area (Å²) in [5.74, 6) is 0.701. The zero-order chi connectivity index (χ0) is 22.2. The van der Waals surface area contributed by atoms with Gasteiger partial charge >= 0.3 is 0 Å². The number of methoxy groups -OCH3 is 2. The number of rotatable bonds is 7. The van der Waals surface area contributed by atoms with Crippen LogP contribution >= 0.6 is 0 Å². The van der Waals surface area contributed by atoms with Crippen molar-refractivity contribution in [2.75, 3.05) is 52.3 Å². The average molecular weight is 427 g/mol. The fraction of sp³-hybridized carbons (Fsp3) is 0.304. The smallest absolute Gasteiger partial charge is 0.246 e. The van der Waals surface area contributed by atoms with Gasteiger partial charge in [0.25, 0.3) is 0 Å². The van der Waals surface area contributed by atoms with E-state index < -0.39 is 0 Å². The van der Waals surface area contributed by atoms with Crippen molar-refractivity contribution in [2.24, 2.45) is 0 Å². The molecule has 1 aliphatic heterocycles. The molecule has 1 aliphatic rings. The van der Waals surface area contributed by atoms with Gasteiger partial charge in [0, 0.05) is 44.0 Å². The number of hydrogen-bond acceptors (Lipinski definition) is 5. The Labute approximate surface area is 181 Å². The van der Waals surface area contributed by atoms with Gasteiger partial charge in [-0.2, -0.15) is 0 Å². The van der Waals surface area contributed by atoms with E-state index in [0.717, 1.165) is 5.56 Å². The fourth-order valence-electron chi connectivity index (χ4n) is 3.26. The largest absolute Gasteiger partial charge is 0.497 e. The summed E-state index contributed by atoms with van der Waals surface area (Å²) in [4.78, 5) is 28.4. The fourth-order valence-corrected chi connectivity index (χ4v) is 3.26. The van der Waals surface area contributed by atoms with E-state index in [2.05, 4.69) is 5.32 Å². The van der Waals surface area contributed by atoms with Crippen molar-refractivity contribution in [3.8, 4) is 11.5 Å². The Morgan fingerprint density at radius 1 is 1.00 bits per heavy atom. The third-order valence-corrected chi connectivity index (χ3v) is 4.97. The highest BCUT2D eigenvalue weighted by Crippen LogP contribution is 2.23. The van der Waals surface area contributed by atoms with E-state index >= 15 is 0 Å². The van der Waals surface area contributed by atoms with E-state index in [1.807, 2.05) is 17.0 Å². The van der Waals surface area contributed by atoms with Gasteiger partial charge in [0.05, 0.1) is 20.8 Å². The Bertz CT molecular complexity index is 916. The first-order valence-corrected chi connectivity index (χ1v) is 9.94. The lowest BCUT2D eigenvalue weighted by Crippen LogP contribution is -2.50. The lowest BCUT2D eigenvalue weighted by molar-refractivity contribution is -0.127. The highest BCUT2D eigenvalue weighted by molar-refractivity contribution is 5.93. The quantitative estimate of drug-likeness (QED) is 0.688. The van der Waals surface area contributed by atoms with E-state index in [0.29, 0.717) is 43.4 Å². The lowest BCUT2D eigenvalue weighted by atomic mass is 10.2. The molecule has 0 radical (unpaired) electrons. The summed E-state index contributed by atoms with van der Waals surface area (Å²) >= 11 is 0. The maximum Gasteiger partial charge on any atom is 0.246 e. The van der Waals surface area contributed by atoms with Crippen molar-refractivity contribution in [1.29, 1.82) is 0 Å². The number of halogens is 1. The Morgan fingerprint density at radius 3 is 2.19 bits per heavy atom. The summed E-state index contributed by atoms with van der Waals surface area (Å²) < 4.78 is 23.4. The maximum atomic E-state index is 12.9. The van der Waals surface area contributed by atoms with Gasteiger partial charge in [0.1, 0.15) is 17.3 Å². The highest BCUT2D eigenvalue weighted by Gasteiger charge is 2.21. The number of carbonyl (C=O) groups is 2. The summed E-state index contributed by atoms with van der Waals surface area (Å²) in [5.41, 5.74) is 1.36. The number of ether oxygens (including phenoxy) is 2. The molecule has 3 rings (SSSR count). The molecule has 8 heteroatoms. The lowest BCUT2D eigenvalue weighted by Gasteiger charge is -2.33. The van der Waals surface area contributed by atoms with Gasteiger partial charge in [0.15, 0.2) is 0 Å². The van der Waals surface area contributed by atoms with Crippen LogP contribution in [0.2, 0.25) is 0 Å². The summed E-state index contributed by atoms with van der Waals surface area (Å²) in [6, 6.07) is 11.1. The molecule has 1 heterocycles. The Kier molecular flexibility index (Phi) is 7.61. The minimum Gasteiger partial charge on any atom is -0.497 e. The standard InChI is InChI=1S/C23H26FN3O4/c1-30-20-13-17(14-21(15-20)31-2)3-8-23(29)27-11-9-26(10-12-27)16-22(28)25-19-6-4-18(24)5-7-19/h3-8,13-15H,9-12,16H2,1-2H3,(H,25,28)/b8-3+. The molecule has 2 amide bonds. The van der Waals surface area contributed by atoms with Crippen molar-refractivity contribution in [3.05, 3.63) is 59.9 Å². The number of nitrogens with zero attached hydrogens (tertiary/aromatic N) is 2. The summed E-state index contributed by atoms with van der Waals surface area (Å²) in [7, 11) is 3.15. The van der Waals surface area contributed by atoms with Crippen molar-refractivity contribution < 1.29 is 23.5 Å². The number of anilines is 1. The van der Waals surface area contributed by atoms with Crippen LogP contribution in [-0.4, -0.2) is 68.6 Å². The molecular weight excluding hydrogens is 401 g/mol. The molecule has 0 aromatic heterocycles. The van der Waals surface area contributed by atoms with Gasteiger partial charge in [-0.05, 0) is 48.0 Å². The monoisotopic (exact) mass is 427 g/mol. The first-order chi connectivity index (χ1) is 15.0. The second-order valence-corrected chi connectivity index (χ2v) is 7.14. The zero-order valence-corrected chi connectivity index (χ0v) is 17.6. The molecule has 0 bridgehead atoms. The van der Waals surface area contributed by atoms with Crippen molar-refractivity contribution in [1.82, 2.24) is 9.80 Å². The Morgan fingerprint density at radius 2 is 1.61 bits per heavy atom. The van der Waals surface area contributed by atoms with E-state index in [4.69, 9.17) is 9.47 Å². The predicted molar refractivity (Wildman–Crippen MR) is 117 cm³/mol. The van der Waals surface area contributed by atoms with Gasteiger partial charge in [-0.1, -0.05) is 0 Å². The predicted octanol–water partition coefficient (Wildman–Crippen LogP) is 2.64. The minimum atomic E-state index is -0.349. The molecule has 2 aromatic carbocycles. The van der Waals surface area contributed by atoms with E-state index in [1.165, 1.54) is 30.3 Å². The third-order valence-electron chi connectivity index (χ3n) is 4.97. The summed E-state index contributed by atoms with van der Waals surface area (Å²) in [6.45, 7) is 2.49. The van der Waals surface area contributed by atoms with Crippen LogP contribution in [0.4, 0.5) is 10.1 Å². The molecule has 0 unspecified atom stereocenters. The molecule has 2 aromatic rings. The van der Waals surface area contributed by atoms with Crippen molar-refractivity contribution in [2.45, 2.75) is 0 Å².